The number of rotatable bonds is 8. The molecule has 1 rings (SSSR count). The normalized spacial score (nSPS) is 12.7. The van der Waals surface area contributed by atoms with Crippen molar-refractivity contribution in [2.75, 3.05) is 26.9 Å². The molecule has 0 bridgehead atoms. The zero-order valence-corrected chi connectivity index (χ0v) is 11.5. The summed E-state index contributed by atoms with van der Waals surface area (Å²) in [6.07, 6.45) is 0.850. The summed E-state index contributed by atoms with van der Waals surface area (Å²) in [6.45, 7) is 6.15. The van der Waals surface area contributed by atoms with E-state index in [9.17, 15) is 0 Å². The standard InChI is InChI=1S/C14H24N2O2/c1-11-4-5-13(10-12(11)2)14(16-15)6-7-18-9-8-17-3/h4-5,10,14,16H,6-9,15H2,1-3H3. The second-order valence-electron chi connectivity index (χ2n) is 4.46. The summed E-state index contributed by atoms with van der Waals surface area (Å²) in [5.74, 6) is 5.60. The first-order valence-corrected chi connectivity index (χ1v) is 6.29. The van der Waals surface area contributed by atoms with Crippen molar-refractivity contribution < 1.29 is 9.47 Å². The summed E-state index contributed by atoms with van der Waals surface area (Å²) in [6, 6.07) is 6.55. The minimum atomic E-state index is 0.131. The van der Waals surface area contributed by atoms with Gasteiger partial charge in [-0.1, -0.05) is 18.2 Å². The lowest BCUT2D eigenvalue weighted by Gasteiger charge is -2.17. The first kappa shape index (κ1) is 15.1. The van der Waals surface area contributed by atoms with Gasteiger partial charge < -0.3 is 9.47 Å². The number of ether oxygens (including phenoxy) is 2. The average molecular weight is 252 g/mol. The third kappa shape index (κ3) is 4.74. The zero-order valence-electron chi connectivity index (χ0n) is 11.5. The number of aryl methyl sites for hydroxylation is 2. The van der Waals surface area contributed by atoms with Gasteiger partial charge in [-0.2, -0.15) is 0 Å². The summed E-state index contributed by atoms with van der Waals surface area (Å²) in [4.78, 5) is 0. The highest BCUT2D eigenvalue weighted by Crippen LogP contribution is 2.19. The predicted molar refractivity (Wildman–Crippen MR) is 73.3 cm³/mol. The van der Waals surface area contributed by atoms with Crippen molar-refractivity contribution in [1.82, 2.24) is 5.43 Å². The van der Waals surface area contributed by atoms with Crippen molar-refractivity contribution in [2.45, 2.75) is 26.3 Å². The molecule has 0 amide bonds. The topological polar surface area (TPSA) is 56.5 Å². The summed E-state index contributed by atoms with van der Waals surface area (Å²) < 4.78 is 10.4. The summed E-state index contributed by atoms with van der Waals surface area (Å²) >= 11 is 0. The lowest BCUT2D eigenvalue weighted by atomic mass is 10.00. The molecular formula is C14H24N2O2. The SMILES string of the molecule is COCCOCCC(NN)c1ccc(C)c(C)c1. The molecule has 1 unspecified atom stereocenters. The van der Waals surface area contributed by atoms with E-state index in [1.807, 2.05) is 0 Å². The number of hydrazine groups is 1. The minimum Gasteiger partial charge on any atom is -0.382 e. The van der Waals surface area contributed by atoms with Gasteiger partial charge in [0.2, 0.25) is 0 Å². The summed E-state index contributed by atoms with van der Waals surface area (Å²) in [5.41, 5.74) is 6.63. The maximum atomic E-state index is 5.60. The minimum absolute atomic E-state index is 0.131. The fraction of sp³-hybridized carbons (Fsp3) is 0.571. The van der Waals surface area contributed by atoms with Gasteiger partial charge in [0.15, 0.2) is 0 Å². The van der Waals surface area contributed by atoms with E-state index in [0.29, 0.717) is 19.8 Å². The lowest BCUT2D eigenvalue weighted by molar-refractivity contribution is 0.0657. The molecule has 0 radical (unpaired) electrons. The number of hydrogen-bond acceptors (Lipinski definition) is 4. The number of nitrogens with one attached hydrogen (secondary N) is 1. The Bertz CT molecular complexity index is 356. The highest BCUT2D eigenvalue weighted by atomic mass is 16.5. The maximum Gasteiger partial charge on any atom is 0.0700 e. The van der Waals surface area contributed by atoms with Crippen LogP contribution >= 0.6 is 0 Å². The molecule has 0 fully saturated rings. The molecule has 0 heterocycles. The van der Waals surface area contributed by atoms with Crippen molar-refractivity contribution in [3.05, 3.63) is 34.9 Å². The van der Waals surface area contributed by atoms with E-state index in [-0.39, 0.29) is 6.04 Å². The van der Waals surface area contributed by atoms with Gasteiger partial charge in [0.05, 0.1) is 13.2 Å². The Hall–Kier alpha value is -0.940. The van der Waals surface area contributed by atoms with Crippen molar-refractivity contribution >= 4 is 0 Å². The monoisotopic (exact) mass is 252 g/mol. The van der Waals surface area contributed by atoms with Crippen LogP contribution in [0.1, 0.15) is 29.2 Å². The van der Waals surface area contributed by atoms with Gasteiger partial charge in [-0.3, -0.25) is 11.3 Å². The molecule has 0 aliphatic rings. The van der Waals surface area contributed by atoms with Gasteiger partial charge in [0.25, 0.3) is 0 Å². The molecule has 4 nitrogen and oxygen atoms in total. The van der Waals surface area contributed by atoms with Crippen LogP contribution in [-0.2, 0) is 9.47 Å². The Morgan fingerprint density at radius 3 is 2.56 bits per heavy atom. The van der Waals surface area contributed by atoms with E-state index in [2.05, 4.69) is 37.5 Å². The molecule has 3 N–H and O–H groups in total. The third-order valence-electron chi connectivity index (χ3n) is 3.12. The van der Waals surface area contributed by atoms with Crippen molar-refractivity contribution in [1.29, 1.82) is 0 Å². The zero-order chi connectivity index (χ0) is 13.4. The number of methoxy groups -OCH3 is 1. The Kier molecular flexibility index (Phi) is 6.90. The van der Waals surface area contributed by atoms with Crippen LogP contribution in [0.25, 0.3) is 0 Å². The molecule has 0 aliphatic heterocycles. The first-order valence-electron chi connectivity index (χ1n) is 6.29. The molecule has 1 aromatic carbocycles. The molecule has 1 aromatic rings. The Morgan fingerprint density at radius 2 is 1.94 bits per heavy atom. The summed E-state index contributed by atoms with van der Waals surface area (Å²) in [5, 5.41) is 0. The smallest absolute Gasteiger partial charge is 0.0700 e. The van der Waals surface area contributed by atoms with Gasteiger partial charge in [0.1, 0.15) is 0 Å². The maximum absolute atomic E-state index is 5.60. The fourth-order valence-electron chi connectivity index (χ4n) is 1.77. The lowest BCUT2D eigenvalue weighted by Crippen LogP contribution is -2.29. The Balaban J connectivity index is 2.47. The van der Waals surface area contributed by atoms with Gasteiger partial charge in [-0.05, 0) is 37.0 Å². The Labute approximate surface area is 109 Å². The molecule has 0 saturated heterocycles. The first-order chi connectivity index (χ1) is 8.69. The van der Waals surface area contributed by atoms with Gasteiger partial charge in [-0.25, -0.2) is 0 Å². The molecule has 18 heavy (non-hydrogen) atoms. The second-order valence-corrected chi connectivity index (χ2v) is 4.46. The third-order valence-corrected chi connectivity index (χ3v) is 3.12. The van der Waals surface area contributed by atoms with E-state index in [4.69, 9.17) is 15.3 Å². The number of hydrogen-bond donors (Lipinski definition) is 2. The van der Waals surface area contributed by atoms with Gasteiger partial charge in [0, 0.05) is 19.8 Å². The molecule has 102 valence electrons. The van der Waals surface area contributed by atoms with Crippen LogP contribution in [0.2, 0.25) is 0 Å². The van der Waals surface area contributed by atoms with Crippen molar-refractivity contribution in [3.8, 4) is 0 Å². The van der Waals surface area contributed by atoms with E-state index >= 15 is 0 Å². The molecule has 0 aliphatic carbocycles. The highest BCUT2D eigenvalue weighted by molar-refractivity contribution is 5.31. The van der Waals surface area contributed by atoms with Gasteiger partial charge in [-0.15, -0.1) is 0 Å². The van der Waals surface area contributed by atoms with Crippen LogP contribution in [0.15, 0.2) is 18.2 Å². The van der Waals surface area contributed by atoms with Crippen LogP contribution in [0.5, 0.6) is 0 Å². The molecule has 4 heteroatoms. The Morgan fingerprint density at radius 1 is 1.17 bits per heavy atom. The molecular weight excluding hydrogens is 228 g/mol. The second kappa shape index (κ2) is 8.21. The van der Waals surface area contributed by atoms with Crippen LogP contribution in [-0.4, -0.2) is 26.9 Å². The van der Waals surface area contributed by atoms with E-state index in [0.717, 1.165) is 6.42 Å². The van der Waals surface area contributed by atoms with Gasteiger partial charge >= 0.3 is 0 Å². The molecule has 0 aromatic heterocycles. The average Bonchev–Trinajstić information content (AvgIpc) is 2.37. The number of nitrogens with two attached hydrogens (primary N) is 1. The fourth-order valence-corrected chi connectivity index (χ4v) is 1.77. The van der Waals surface area contributed by atoms with Crippen LogP contribution in [0.3, 0.4) is 0 Å². The van der Waals surface area contributed by atoms with E-state index in [1.165, 1.54) is 16.7 Å². The van der Waals surface area contributed by atoms with E-state index in [1.54, 1.807) is 7.11 Å². The van der Waals surface area contributed by atoms with E-state index < -0.39 is 0 Å². The molecule has 0 spiro atoms. The van der Waals surface area contributed by atoms with Crippen LogP contribution < -0.4 is 11.3 Å². The van der Waals surface area contributed by atoms with Crippen molar-refractivity contribution in [2.24, 2.45) is 5.84 Å². The van der Waals surface area contributed by atoms with Crippen LogP contribution in [0.4, 0.5) is 0 Å². The number of benzene rings is 1. The highest BCUT2D eigenvalue weighted by Gasteiger charge is 2.10. The predicted octanol–water partition coefficient (Wildman–Crippen LogP) is 1.86. The summed E-state index contributed by atoms with van der Waals surface area (Å²) in [7, 11) is 1.67. The molecule has 0 saturated carbocycles. The molecule has 1 atom stereocenters. The quantitative estimate of drug-likeness (QED) is 0.421. The van der Waals surface area contributed by atoms with Crippen molar-refractivity contribution in [3.63, 3.8) is 0 Å². The largest absolute Gasteiger partial charge is 0.382 e. The van der Waals surface area contributed by atoms with Crippen LogP contribution in [0, 0.1) is 13.8 Å².